The van der Waals surface area contributed by atoms with Gasteiger partial charge in [0.25, 0.3) is 0 Å². The minimum Gasteiger partial charge on any atom is -0.386 e. The van der Waals surface area contributed by atoms with Gasteiger partial charge in [-0.1, -0.05) is 0 Å². The van der Waals surface area contributed by atoms with Crippen LogP contribution in [-0.4, -0.2) is 12.6 Å². The average Bonchev–Trinajstić information content (AvgIpc) is 1.30. The molecule has 0 aromatic carbocycles. The van der Waals surface area contributed by atoms with E-state index in [1.165, 1.54) is 6.42 Å². The van der Waals surface area contributed by atoms with Crippen LogP contribution in [0.2, 0.25) is 0 Å². The van der Waals surface area contributed by atoms with Crippen molar-refractivity contribution < 1.29 is 9.53 Å². The highest BCUT2D eigenvalue weighted by molar-refractivity contribution is 5.83. The number of hydrogen-bond acceptors (Lipinski definition) is 2. The van der Waals surface area contributed by atoms with Gasteiger partial charge < -0.3 is 4.74 Å². The van der Waals surface area contributed by atoms with E-state index in [1.807, 2.05) is 0 Å². The molecule has 5 heavy (non-hydrogen) atoms. The normalized spacial score (nSPS) is 18.8. The molecule has 0 atom stereocenters. The monoisotopic (exact) mass is 71.0 g/mol. The lowest BCUT2D eigenvalue weighted by molar-refractivity contribution is -0.148. The number of hydrogen-bond donors (Lipinski definition) is 0. The molecule has 1 aliphatic heterocycles. The van der Waals surface area contributed by atoms with Gasteiger partial charge in [-0.05, 0) is 0 Å². The minimum absolute atomic E-state index is 0.190. The van der Waals surface area contributed by atoms with E-state index in [4.69, 9.17) is 0 Å². The fourth-order valence-corrected chi connectivity index (χ4v) is 0.151. The van der Waals surface area contributed by atoms with Crippen LogP contribution < -0.4 is 0 Å². The molecule has 0 saturated carbocycles. The van der Waals surface area contributed by atoms with Gasteiger partial charge in [0.05, 0.1) is 0 Å². The highest BCUT2D eigenvalue weighted by Crippen LogP contribution is 1.95. The first kappa shape index (κ1) is 2.57. The van der Waals surface area contributed by atoms with Crippen molar-refractivity contribution in [1.82, 2.24) is 0 Å². The number of esters is 1. The summed E-state index contributed by atoms with van der Waals surface area (Å²) in [5.41, 5.74) is 0. The lowest BCUT2D eigenvalue weighted by Gasteiger charge is -1.95. The van der Waals surface area contributed by atoms with Crippen molar-refractivity contribution in [3.8, 4) is 0 Å². The Morgan fingerprint density at radius 2 is 2.40 bits per heavy atom. The molecular formula is C3H3O2+. The molecule has 1 aliphatic rings. The van der Waals surface area contributed by atoms with Crippen LogP contribution in [0.3, 0.4) is 0 Å². The Bertz CT molecular complexity index is 51.9. The third-order valence-corrected chi connectivity index (χ3v) is 0.476. The maximum absolute atomic E-state index is 9.62. The van der Waals surface area contributed by atoms with Crippen molar-refractivity contribution in [1.29, 1.82) is 0 Å². The van der Waals surface area contributed by atoms with Crippen LogP contribution in [0.4, 0.5) is 0 Å². The van der Waals surface area contributed by atoms with Crippen molar-refractivity contribution >= 4 is 5.97 Å². The molecule has 0 radical (unpaired) electrons. The molecule has 0 aromatic rings. The first-order valence-electron chi connectivity index (χ1n) is 1.39. The van der Waals surface area contributed by atoms with E-state index in [9.17, 15) is 4.79 Å². The fourth-order valence-electron chi connectivity index (χ4n) is 0.151. The molecule has 1 heterocycles. The number of carbonyl (C=O) groups is 1. The number of carbonyl (C=O) groups excluding carboxylic acids is 1. The summed E-state index contributed by atoms with van der Waals surface area (Å²) in [6, 6.07) is 0. The molecule has 1 fully saturated rings. The smallest absolute Gasteiger partial charge is 0.386 e. The molecule has 0 spiro atoms. The topological polar surface area (TPSA) is 26.3 Å². The summed E-state index contributed by atoms with van der Waals surface area (Å²) in [5, 5.41) is 0. The molecule has 0 aliphatic carbocycles. The molecular weight excluding hydrogens is 68.0 g/mol. The summed E-state index contributed by atoms with van der Waals surface area (Å²) < 4.78 is 4.24. The summed E-state index contributed by atoms with van der Waals surface area (Å²) in [7, 11) is 0. The lowest BCUT2D eigenvalue weighted by atomic mass is 10.4. The zero-order chi connectivity index (χ0) is 3.70. The van der Waals surface area contributed by atoms with Crippen molar-refractivity contribution in [2.24, 2.45) is 0 Å². The number of cyclic esters (lactones) is 1. The van der Waals surface area contributed by atoms with E-state index in [0.29, 0.717) is 6.61 Å². The van der Waals surface area contributed by atoms with Gasteiger partial charge in [0.15, 0.2) is 0 Å². The van der Waals surface area contributed by atoms with Crippen LogP contribution >= 0.6 is 0 Å². The number of rotatable bonds is 0. The van der Waals surface area contributed by atoms with Crippen molar-refractivity contribution in [3.63, 3.8) is 0 Å². The van der Waals surface area contributed by atoms with E-state index >= 15 is 0 Å². The molecule has 2 heteroatoms. The quantitative estimate of drug-likeness (QED) is 0.290. The van der Waals surface area contributed by atoms with Gasteiger partial charge in [0.1, 0.15) is 0 Å². The van der Waals surface area contributed by atoms with Gasteiger partial charge in [0, 0.05) is 0 Å². The molecule has 0 aromatic heterocycles. The lowest BCUT2D eigenvalue weighted by Crippen LogP contribution is -2.19. The Labute approximate surface area is 29.7 Å². The van der Waals surface area contributed by atoms with Crippen LogP contribution in [0.5, 0.6) is 0 Å². The summed E-state index contributed by atoms with van der Waals surface area (Å²) in [5.74, 6) is -0.190. The Morgan fingerprint density at radius 3 is 2.40 bits per heavy atom. The molecule has 0 N–H and O–H groups in total. The molecule has 0 unspecified atom stereocenters. The molecule has 0 bridgehead atoms. The second-order valence-corrected chi connectivity index (χ2v) is 0.834. The highest BCUT2D eigenvalue weighted by atomic mass is 16.6. The molecule has 2 nitrogen and oxygen atoms in total. The van der Waals surface area contributed by atoms with Crippen LogP contribution in [0.1, 0.15) is 0 Å². The third kappa shape index (κ3) is 0.210. The maximum atomic E-state index is 9.62. The SMILES string of the molecule is O=C1[CH+]CO1. The van der Waals surface area contributed by atoms with Crippen molar-refractivity contribution in [2.45, 2.75) is 0 Å². The summed E-state index contributed by atoms with van der Waals surface area (Å²) in [4.78, 5) is 9.62. The van der Waals surface area contributed by atoms with E-state index in [1.54, 1.807) is 0 Å². The van der Waals surface area contributed by atoms with Crippen LogP contribution in [0.25, 0.3) is 0 Å². The van der Waals surface area contributed by atoms with E-state index in [0.717, 1.165) is 0 Å². The van der Waals surface area contributed by atoms with E-state index < -0.39 is 0 Å². The minimum atomic E-state index is -0.190. The standard InChI is InChI=1S/C3H3O2/c4-3-1-2-5-3/h1H,2H2/q+1. The highest BCUT2D eigenvalue weighted by Gasteiger charge is 2.26. The fraction of sp³-hybridized carbons (Fsp3) is 0.333. The van der Waals surface area contributed by atoms with E-state index in [2.05, 4.69) is 4.74 Å². The van der Waals surface area contributed by atoms with Gasteiger partial charge in [-0.25, -0.2) is 0 Å². The second-order valence-electron chi connectivity index (χ2n) is 0.834. The maximum Gasteiger partial charge on any atom is 0.503 e. The Morgan fingerprint density at radius 1 is 2.00 bits per heavy atom. The van der Waals surface area contributed by atoms with Crippen molar-refractivity contribution in [2.75, 3.05) is 6.61 Å². The van der Waals surface area contributed by atoms with E-state index in [-0.39, 0.29) is 5.97 Å². The molecule has 1 rings (SSSR count). The zero-order valence-corrected chi connectivity index (χ0v) is 2.60. The third-order valence-electron chi connectivity index (χ3n) is 0.476. The first-order chi connectivity index (χ1) is 2.39. The zero-order valence-electron chi connectivity index (χ0n) is 2.60. The predicted molar refractivity (Wildman–Crippen MR) is 15.3 cm³/mol. The van der Waals surface area contributed by atoms with Crippen LogP contribution in [0, 0.1) is 6.42 Å². The second kappa shape index (κ2) is 0.641. The summed E-state index contributed by atoms with van der Waals surface area (Å²) in [6.07, 6.45) is 1.49. The van der Waals surface area contributed by atoms with Crippen LogP contribution in [0.15, 0.2) is 0 Å². The Balaban J connectivity index is 2.32. The van der Waals surface area contributed by atoms with Crippen molar-refractivity contribution in [3.05, 3.63) is 6.42 Å². The van der Waals surface area contributed by atoms with Gasteiger partial charge in [-0.15, -0.1) is 0 Å². The molecule has 26 valence electrons. The van der Waals surface area contributed by atoms with Gasteiger partial charge in [-0.3, -0.25) is 0 Å². The predicted octanol–water partition coefficient (Wildman–Crippen LogP) is -0.253. The summed E-state index contributed by atoms with van der Waals surface area (Å²) in [6.45, 7) is 0.513. The first-order valence-corrected chi connectivity index (χ1v) is 1.39. The Kier molecular flexibility index (Phi) is 0.330. The van der Waals surface area contributed by atoms with Gasteiger partial charge in [0.2, 0.25) is 13.0 Å². The largest absolute Gasteiger partial charge is 0.503 e. The Hall–Kier alpha value is -0.660. The number of ether oxygens (including phenoxy) is 1. The molecule has 0 amide bonds. The van der Waals surface area contributed by atoms with Gasteiger partial charge >= 0.3 is 5.97 Å². The van der Waals surface area contributed by atoms with Gasteiger partial charge in [-0.2, -0.15) is 4.79 Å². The van der Waals surface area contributed by atoms with Crippen LogP contribution in [-0.2, 0) is 9.53 Å². The average molecular weight is 71.1 g/mol. The molecule has 1 saturated heterocycles. The summed E-state index contributed by atoms with van der Waals surface area (Å²) >= 11 is 0.